The Hall–Kier alpha value is -2.68. The van der Waals surface area contributed by atoms with Crippen LogP contribution in [0.4, 0.5) is 5.69 Å². The lowest BCUT2D eigenvalue weighted by molar-refractivity contribution is -0.159. The third-order valence-electron chi connectivity index (χ3n) is 7.57. The van der Waals surface area contributed by atoms with Crippen LogP contribution in [0.5, 0.6) is 0 Å². The van der Waals surface area contributed by atoms with Crippen LogP contribution in [0.1, 0.15) is 26.7 Å². The monoisotopic (exact) mass is 500 g/mol. The van der Waals surface area contributed by atoms with Crippen molar-refractivity contribution in [1.29, 1.82) is 0 Å². The van der Waals surface area contributed by atoms with E-state index in [0.29, 0.717) is 23.6 Å². The van der Waals surface area contributed by atoms with Gasteiger partial charge in [0, 0.05) is 17.3 Å². The van der Waals surface area contributed by atoms with Crippen LogP contribution in [-0.4, -0.2) is 70.8 Å². The first-order valence-corrected chi connectivity index (χ1v) is 12.3. The highest BCUT2D eigenvalue weighted by atomic mass is 35.5. The van der Waals surface area contributed by atoms with Gasteiger partial charge in [-0.2, -0.15) is 0 Å². The van der Waals surface area contributed by atoms with Crippen molar-refractivity contribution in [2.45, 2.75) is 50.0 Å². The highest BCUT2D eigenvalue weighted by Crippen LogP contribution is 2.57. The zero-order chi connectivity index (χ0) is 25.0. The molecule has 0 saturated carbocycles. The largest absolute Gasteiger partial charge is 0.465 e. The fourth-order valence-corrected chi connectivity index (χ4v) is 6.11. The standard InChI is InChI=1S/C26H29ClN2O6/c1-16(15-30)29-21-23(32)28(18-9-7-17(27)8-10-18)13-6-12-26(21)19(22(29)31)20-24(33)34-14-5-3-4-11-25(20,2)35-26/h4,6-12,16,19-21,30H,3,5,13-15H2,1-2H3/b11-4-/t16-,19+,20+,21?,25-,26+/m1/s1. The number of hydrogen-bond donors (Lipinski definition) is 1. The van der Waals surface area contributed by atoms with Crippen molar-refractivity contribution < 1.29 is 29.0 Å². The Labute approximate surface area is 209 Å². The minimum atomic E-state index is -1.39. The number of aliphatic hydroxyl groups excluding tert-OH is 1. The zero-order valence-electron chi connectivity index (χ0n) is 19.7. The molecule has 2 saturated heterocycles. The molecule has 6 atom stereocenters. The van der Waals surface area contributed by atoms with Crippen molar-refractivity contribution in [2.24, 2.45) is 11.8 Å². The maximum atomic E-state index is 14.2. The number of aliphatic hydroxyl groups is 1. The number of hydrogen-bond acceptors (Lipinski definition) is 6. The lowest BCUT2D eigenvalue weighted by Gasteiger charge is -2.39. The van der Waals surface area contributed by atoms with E-state index in [4.69, 9.17) is 21.1 Å². The second-order valence-corrected chi connectivity index (χ2v) is 10.3. The van der Waals surface area contributed by atoms with Gasteiger partial charge in [-0.15, -0.1) is 0 Å². The summed E-state index contributed by atoms with van der Waals surface area (Å²) in [6, 6.07) is 5.16. The number of nitrogens with zero attached hydrogens (tertiary/aromatic N) is 2. The smallest absolute Gasteiger partial charge is 0.313 e. The van der Waals surface area contributed by atoms with Crippen LogP contribution in [0.2, 0.25) is 5.02 Å². The third-order valence-corrected chi connectivity index (χ3v) is 7.82. The van der Waals surface area contributed by atoms with Crippen molar-refractivity contribution in [3.63, 3.8) is 0 Å². The average Bonchev–Trinajstić information content (AvgIpc) is 3.19. The van der Waals surface area contributed by atoms with Crippen LogP contribution < -0.4 is 4.90 Å². The van der Waals surface area contributed by atoms with Gasteiger partial charge in [-0.3, -0.25) is 14.4 Å². The molecule has 2 fully saturated rings. The highest BCUT2D eigenvalue weighted by molar-refractivity contribution is 6.30. The summed E-state index contributed by atoms with van der Waals surface area (Å²) in [5, 5.41) is 10.5. The SMILES string of the molecule is C[C@H](CO)N1C(=O)[C@@H]2[C@H]3C(=O)OCCC/C=C\[C@@]3(C)O[C@@]23C=CCN(c2ccc(Cl)cc2)C(=O)C13. The molecule has 1 N–H and O–H groups in total. The van der Waals surface area contributed by atoms with Gasteiger partial charge in [0.25, 0.3) is 5.91 Å². The molecule has 0 aromatic heterocycles. The molecule has 0 bridgehead atoms. The van der Waals surface area contributed by atoms with Gasteiger partial charge in [0.15, 0.2) is 0 Å². The molecule has 9 heteroatoms. The molecule has 2 amide bonds. The van der Waals surface area contributed by atoms with Gasteiger partial charge in [-0.05, 0) is 51.0 Å². The number of esters is 1. The van der Waals surface area contributed by atoms with E-state index in [1.54, 1.807) is 49.1 Å². The molecule has 4 aliphatic rings. The molecular formula is C26H29ClN2O6. The van der Waals surface area contributed by atoms with E-state index in [9.17, 15) is 19.5 Å². The normalized spacial score (nSPS) is 36.3. The lowest BCUT2D eigenvalue weighted by atomic mass is 9.74. The van der Waals surface area contributed by atoms with Gasteiger partial charge in [-0.1, -0.05) is 35.9 Å². The summed E-state index contributed by atoms with van der Waals surface area (Å²) in [5.41, 5.74) is -1.89. The average molecular weight is 501 g/mol. The van der Waals surface area contributed by atoms with Crippen LogP contribution in [-0.2, 0) is 23.9 Å². The summed E-state index contributed by atoms with van der Waals surface area (Å²) in [5.74, 6) is -3.15. The molecule has 5 rings (SSSR count). The minimum Gasteiger partial charge on any atom is -0.465 e. The minimum absolute atomic E-state index is 0.253. The van der Waals surface area contributed by atoms with E-state index in [0.717, 1.165) is 0 Å². The van der Waals surface area contributed by atoms with Crippen molar-refractivity contribution in [3.8, 4) is 0 Å². The van der Waals surface area contributed by atoms with Gasteiger partial charge in [0.05, 0.1) is 30.8 Å². The summed E-state index contributed by atoms with van der Waals surface area (Å²) >= 11 is 6.05. The van der Waals surface area contributed by atoms with Gasteiger partial charge in [-0.25, -0.2) is 0 Å². The Morgan fingerprint density at radius 3 is 2.57 bits per heavy atom. The molecule has 186 valence electrons. The first-order chi connectivity index (χ1) is 16.7. The fraction of sp³-hybridized carbons (Fsp3) is 0.500. The Bertz CT molecular complexity index is 1100. The van der Waals surface area contributed by atoms with Crippen LogP contribution in [0.3, 0.4) is 0 Å². The number of anilines is 1. The third kappa shape index (κ3) is 3.61. The topological polar surface area (TPSA) is 96.4 Å². The molecule has 8 nitrogen and oxygen atoms in total. The van der Waals surface area contributed by atoms with Crippen molar-refractivity contribution in [3.05, 3.63) is 53.6 Å². The first-order valence-electron chi connectivity index (χ1n) is 12.0. The van der Waals surface area contributed by atoms with Crippen molar-refractivity contribution in [1.82, 2.24) is 4.90 Å². The summed E-state index contributed by atoms with van der Waals surface area (Å²) in [6.07, 6.45) is 8.75. The number of fused-ring (bicyclic) bond motifs is 2. The second-order valence-electron chi connectivity index (χ2n) is 9.81. The molecule has 1 aromatic rings. The predicted octanol–water partition coefficient (Wildman–Crippen LogP) is 2.49. The Balaban J connectivity index is 1.66. The number of cyclic esters (lactones) is 1. The number of rotatable bonds is 3. The highest BCUT2D eigenvalue weighted by Gasteiger charge is 2.75. The Kier molecular flexibility index (Phi) is 6.02. The molecule has 0 aliphatic carbocycles. The molecule has 1 spiro atoms. The molecular weight excluding hydrogens is 472 g/mol. The summed E-state index contributed by atoms with van der Waals surface area (Å²) < 4.78 is 12.2. The second kappa shape index (κ2) is 8.76. The van der Waals surface area contributed by atoms with E-state index < -0.39 is 47.0 Å². The quantitative estimate of drug-likeness (QED) is 0.506. The summed E-state index contributed by atoms with van der Waals surface area (Å²) in [7, 11) is 0. The number of carbonyl (C=O) groups is 3. The number of amides is 2. The first kappa shape index (κ1) is 24.0. The maximum Gasteiger partial charge on any atom is 0.313 e. The van der Waals surface area contributed by atoms with Crippen molar-refractivity contribution >= 4 is 35.1 Å². The van der Waals surface area contributed by atoms with Gasteiger partial charge < -0.3 is 24.4 Å². The van der Waals surface area contributed by atoms with E-state index >= 15 is 0 Å². The number of allylic oxidation sites excluding steroid dienone is 1. The maximum absolute atomic E-state index is 14.2. The molecule has 4 aliphatic heterocycles. The number of benzene rings is 1. The molecule has 0 radical (unpaired) electrons. The van der Waals surface area contributed by atoms with Gasteiger partial charge >= 0.3 is 5.97 Å². The molecule has 35 heavy (non-hydrogen) atoms. The van der Waals surface area contributed by atoms with E-state index in [2.05, 4.69) is 0 Å². The molecule has 1 unspecified atom stereocenters. The Morgan fingerprint density at radius 1 is 1.11 bits per heavy atom. The van der Waals surface area contributed by atoms with Gasteiger partial charge in [0.2, 0.25) is 5.91 Å². The summed E-state index contributed by atoms with van der Waals surface area (Å²) in [4.78, 5) is 44.5. The van der Waals surface area contributed by atoms with Crippen LogP contribution in [0, 0.1) is 11.8 Å². The summed E-state index contributed by atoms with van der Waals surface area (Å²) in [6.45, 7) is 3.63. The van der Waals surface area contributed by atoms with Crippen molar-refractivity contribution in [2.75, 3.05) is 24.7 Å². The number of likely N-dealkylation sites (tertiary alicyclic amines) is 1. The number of ether oxygens (including phenoxy) is 2. The zero-order valence-corrected chi connectivity index (χ0v) is 20.5. The van der Waals surface area contributed by atoms with Crippen LogP contribution in [0.25, 0.3) is 0 Å². The van der Waals surface area contributed by atoms with E-state index in [-0.39, 0.29) is 25.7 Å². The van der Waals surface area contributed by atoms with Crippen LogP contribution in [0.15, 0.2) is 48.6 Å². The fourth-order valence-electron chi connectivity index (χ4n) is 5.99. The number of carbonyl (C=O) groups excluding carboxylic acids is 3. The Morgan fingerprint density at radius 2 is 1.86 bits per heavy atom. The lowest BCUT2D eigenvalue weighted by Crippen LogP contribution is -2.58. The predicted molar refractivity (Wildman–Crippen MR) is 129 cm³/mol. The molecule has 4 heterocycles. The molecule has 1 aromatic carbocycles. The number of halogens is 1. The van der Waals surface area contributed by atoms with Crippen LogP contribution >= 0.6 is 11.6 Å². The van der Waals surface area contributed by atoms with Gasteiger partial charge in [0.1, 0.15) is 17.6 Å². The van der Waals surface area contributed by atoms with E-state index in [1.165, 1.54) is 4.90 Å². The van der Waals surface area contributed by atoms with E-state index in [1.807, 2.05) is 18.2 Å².